The lowest BCUT2D eigenvalue weighted by atomic mass is 9.98. The van der Waals surface area contributed by atoms with Crippen LogP contribution in [0.25, 0.3) is 11.0 Å². The zero-order chi connectivity index (χ0) is 13.9. The van der Waals surface area contributed by atoms with Crippen molar-refractivity contribution >= 4 is 28.5 Å². The SMILES string of the molecule is O=C(NCC1CCNCC1)c1cc2cc(Cl)ccc2o1. The van der Waals surface area contributed by atoms with Crippen molar-refractivity contribution in [2.45, 2.75) is 12.8 Å². The van der Waals surface area contributed by atoms with Gasteiger partial charge in [0.2, 0.25) is 0 Å². The van der Waals surface area contributed by atoms with E-state index in [-0.39, 0.29) is 5.91 Å². The zero-order valence-electron chi connectivity index (χ0n) is 11.1. The fraction of sp³-hybridized carbons (Fsp3) is 0.400. The maximum atomic E-state index is 12.1. The van der Waals surface area contributed by atoms with Crippen LogP contribution in [-0.4, -0.2) is 25.5 Å². The average molecular weight is 293 g/mol. The van der Waals surface area contributed by atoms with Crippen molar-refractivity contribution in [1.29, 1.82) is 0 Å². The Morgan fingerprint density at radius 2 is 2.15 bits per heavy atom. The monoisotopic (exact) mass is 292 g/mol. The Balaban J connectivity index is 1.65. The Morgan fingerprint density at radius 1 is 1.35 bits per heavy atom. The van der Waals surface area contributed by atoms with Gasteiger partial charge < -0.3 is 15.1 Å². The number of amides is 1. The van der Waals surface area contributed by atoms with E-state index in [1.165, 1.54) is 0 Å². The summed E-state index contributed by atoms with van der Waals surface area (Å²) in [5.74, 6) is 0.742. The molecule has 2 N–H and O–H groups in total. The van der Waals surface area contributed by atoms with Crippen molar-refractivity contribution < 1.29 is 9.21 Å². The molecule has 2 heterocycles. The largest absolute Gasteiger partial charge is 0.451 e. The number of nitrogens with one attached hydrogen (secondary N) is 2. The molecule has 1 amide bonds. The van der Waals surface area contributed by atoms with Crippen LogP contribution in [-0.2, 0) is 0 Å². The molecule has 0 spiro atoms. The normalized spacial score (nSPS) is 16.4. The van der Waals surface area contributed by atoms with E-state index < -0.39 is 0 Å². The number of fused-ring (bicyclic) bond motifs is 1. The Morgan fingerprint density at radius 3 is 2.95 bits per heavy atom. The first-order chi connectivity index (χ1) is 9.72. The van der Waals surface area contributed by atoms with Crippen LogP contribution in [0.2, 0.25) is 5.02 Å². The first kappa shape index (κ1) is 13.5. The number of hydrogen-bond acceptors (Lipinski definition) is 3. The van der Waals surface area contributed by atoms with Crippen LogP contribution < -0.4 is 10.6 Å². The van der Waals surface area contributed by atoms with Crippen molar-refractivity contribution in [3.8, 4) is 0 Å². The summed E-state index contributed by atoms with van der Waals surface area (Å²) < 4.78 is 5.54. The Kier molecular flexibility index (Phi) is 3.94. The fourth-order valence-electron chi connectivity index (χ4n) is 2.54. The molecule has 1 fully saturated rings. The molecule has 2 aromatic rings. The third-order valence-corrected chi connectivity index (χ3v) is 3.95. The molecule has 0 bridgehead atoms. The molecule has 1 aromatic carbocycles. The quantitative estimate of drug-likeness (QED) is 0.914. The number of carbonyl (C=O) groups is 1. The number of benzene rings is 1. The molecule has 1 aliphatic rings. The van der Waals surface area contributed by atoms with Crippen LogP contribution in [0.1, 0.15) is 23.4 Å². The summed E-state index contributed by atoms with van der Waals surface area (Å²) >= 11 is 5.92. The Hall–Kier alpha value is -1.52. The minimum Gasteiger partial charge on any atom is -0.451 e. The molecule has 5 heteroatoms. The minimum atomic E-state index is -0.157. The molecule has 0 radical (unpaired) electrons. The second-order valence-electron chi connectivity index (χ2n) is 5.20. The number of halogens is 1. The smallest absolute Gasteiger partial charge is 0.287 e. The van der Waals surface area contributed by atoms with Crippen LogP contribution in [0.15, 0.2) is 28.7 Å². The van der Waals surface area contributed by atoms with Gasteiger partial charge in [-0.05, 0) is 56.1 Å². The minimum absolute atomic E-state index is 0.157. The van der Waals surface area contributed by atoms with Gasteiger partial charge in [-0.3, -0.25) is 4.79 Å². The molecule has 20 heavy (non-hydrogen) atoms. The van der Waals surface area contributed by atoms with Gasteiger partial charge in [-0.25, -0.2) is 0 Å². The highest BCUT2D eigenvalue weighted by Gasteiger charge is 2.16. The maximum Gasteiger partial charge on any atom is 0.287 e. The van der Waals surface area contributed by atoms with Crippen molar-refractivity contribution in [2.75, 3.05) is 19.6 Å². The number of piperidine rings is 1. The Bertz CT molecular complexity index is 617. The van der Waals surface area contributed by atoms with Gasteiger partial charge in [-0.15, -0.1) is 0 Å². The lowest BCUT2D eigenvalue weighted by molar-refractivity contribution is 0.0918. The summed E-state index contributed by atoms with van der Waals surface area (Å²) in [4.78, 5) is 12.1. The summed E-state index contributed by atoms with van der Waals surface area (Å²) in [5.41, 5.74) is 0.682. The van der Waals surface area contributed by atoms with Gasteiger partial charge in [0.1, 0.15) is 5.58 Å². The number of hydrogen-bond donors (Lipinski definition) is 2. The van der Waals surface area contributed by atoms with E-state index in [4.69, 9.17) is 16.0 Å². The van der Waals surface area contributed by atoms with E-state index in [1.807, 2.05) is 0 Å². The van der Waals surface area contributed by atoms with Gasteiger partial charge in [-0.1, -0.05) is 11.6 Å². The van der Waals surface area contributed by atoms with Gasteiger partial charge in [0, 0.05) is 17.0 Å². The molecule has 3 rings (SSSR count). The number of carbonyl (C=O) groups excluding carboxylic acids is 1. The topological polar surface area (TPSA) is 54.3 Å². The second-order valence-corrected chi connectivity index (χ2v) is 5.63. The highest BCUT2D eigenvalue weighted by atomic mass is 35.5. The fourth-order valence-corrected chi connectivity index (χ4v) is 2.72. The summed E-state index contributed by atoms with van der Waals surface area (Å²) in [7, 11) is 0. The highest BCUT2D eigenvalue weighted by Crippen LogP contribution is 2.23. The summed E-state index contributed by atoms with van der Waals surface area (Å²) in [6.45, 7) is 2.77. The van der Waals surface area contributed by atoms with E-state index in [0.717, 1.165) is 31.3 Å². The van der Waals surface area contributed by atoms with Crippen LogP contribution in [0.5, 0.6) is 0 Å². The van der Waals surface area contributed by atoms with E-state index in [0.29, 0.717) is 28.8 Å². The summed E-state index contributed by atoms with van der Waals surface area (Å²) in [5, 5.41) is 7.75. The van der Waals surface area contributed by atoms with Crippen molar-refractivity contribution in [3.63, 3.8) is 0 Å². The molecule has 4 nitrogen and oxygen atoms in total. The number of furan rings is 1. The van der Waals surface area contributed by atoms with Gasteiger partial charge in [-0.2, -0.15) is 0 Å². The summed E-state index contributed by atoms with van der Waals surface area (Å²) in [6, 6.07) is 7.06. The van der Waals surface area contributed by atoms with Gasteiger partial charge in [0.15, 0.2) is 5.76 Å². The zero-order valence-corrected chi connectivity index (χ0v) is 11.9. The molecule has 1 aliphatic heterocycles. The molecule has 0 aliphatic carbocycles. The maximum absolute atomic E-state index is 12.1. The van der Waals surface area contributed by atoms with Crippen LogP contribution >= 0.6 is 11.6 Å². The van der Waals surface area contributed by atoms with Gasteiger partial charge in [0.05, 0.1) is 0 Å². The third-order valence-electron chi connectivity index (χ3n) is 3.71. The van der Waals surface area contributed by atoms with E-state index >= 15 is 0 Å². The molecule has 1 aromatic heterocycles. The molecular weight excluding hydrogens is 276 g/mol. The van der Waals surface area contributed by atoms with Crippen LogP contribution in [0.3, 0.4) is 0 Å². The van der Waals surface area contributed by atoms with Gasteiger partial charge >= 0.3 is 0 Å². The molecule has 0 unspecified atom stereocenters. The predicted octanol–water partition coefficient (Wildman–Crippen LogP) is 2.82. The lowest BCUT2D eigenvalue weighted by Crippen LogP contribution is -2.35. The average Bonchev–Trinajstić information content (AvgIpc) is 2.89. The molecule has 0 saturated carbocycles. The van der Waals surface area contributed by atoms with Gasteiger partial charge in [0.25, 0.3) is 5.91 Å². The standard InChI is InChI=1S/C15H17ClN2O2/c16-12-1-2-13-11(7-12)8-14(20-13)15(19)18-9-10-3-5-17-6-4-10/h1-2,7-8,10,17H,3-6,9H2,(H,18,19). The van der Waals surface area contributed by atoms with Crippen molar-refractivity contribution in [3.05, 3.63) is 35.0 Å². The first-order valence-corrected chi connectivity index (χ1v) is 7.28. The van der Waals surface area contributed by atoms with Crippen molar-refractivity contribution in [2.24, 2.45) is 5.92 Å². The van der Waals surface area contributed by atoms with Crippen molar-refractivity contribution in [1.82, 2.24) is 10.6 Å². The van der Waals surface area contributed by atoms with Crippen LogP contribution in [0, 0.1) is 5.92 Å². The van der Waals surface area contributed by atoms with E-state index in [9.17, 15) is 4.79 Å². The summed E-state index contributed by atoms with van der Waals surface area (Å²) in [6.07, 6.45) is 2.21. The molecule has 106 valence electrons. The van der Waals surface area contributed by atoms with E-state index in [2.05, 4.69) is 10.6 Å². The van der Waals surface area contributed by atoms with E-state index in [1.54, 1.807) is 24.3 Å². The Labute approximate surface area is 122 Å². The number of rotatable bonds is 3. The lowest BCUT2D eigenvalue weighted by Gasteiger charge is -2.22. The molecule has 1 saturated heterocycles. The molecule has 0 atom stereocenters. The first-order valence-electron chi connectivity index (χ1n) is 6.90. The second kappa shape index (κ2) is 5.85. The predicted molar refractivity (Wildman–Crippen MR) is 79.2 cm³/mol. The van der Waals surface area contributed by atoms with Crippen LogP contribution in [0.4, 0.5) is 0 Å². The highest BCUT2D eigenvalue weighted by molar-refractivity contribution is 6.31. The molecular formula is C15H17ClN2O2. The third kappa shape index (κ3) is 2.97.